The number of nitrogens with zero attached hydrogens (tertiary/aromatic N) is 6. The van der Waals surface area contributed by atoms with Crippen molar-refractivity contribution in [2.24, 2.45) is 7.05 Å². The fourth-order valence-corrected chi connectivity index (χ4v) is 3.65. The quantitative estimate of drug-likeness (QED) is 0.793. The molecule has 0 atom stereocenters. The lowest BCUT2D eigenvalue weighted by molar-refractivity contribution is -0.0660. The fourth-order valence-electron chi connectivity index (χ4n) is 3.65. The van der Waals surface area contributed by atoms with Gasteiger partial charge in [0.2, 0.25) is 0 Å². The topological polar surface area (TPSA) is 68.4 Å². The van der Waals surface area contributed by atoms with E-state index in [0.717, 1.165) is 50.8 Å². The first kappa shape index (κ1) is 18.2. The van der Waals surface area contributed by atoms with E-state index in [1.807, 2.05) is 0 Å². The van der Waals surface area contributed by atoms with Crippen LogP contribution in [0.25, 0.3) is 5.69 Å². The predicted octanol–water partition coefficient (Wildman–Crippen LogP) is 0.784. The molecular formula is C19H28N6O2. The number of hydrogen-bond donors (Lipinski definition) is 0. The van der Waals surface area contributed by atoms with Crippen molar-refractivity contribution in [2.45, 2.75) is 32.2 Å². The molecule has 0 radical (unpaired) electrons. The van der Waals surface area contributed by atoms with Crippen LogP contribution in [0.4, 0.5) is 5.69 Å². The molecule has 8 heteroatoms. The average Bonchev–Trinajstić information content (AvgIpc) is 2.92. The van der Waals surface area contributed by atoms with Crippen molar-refractivity contribution in [3.63, 3.8) is 0 Å². The van der Waals surface area contributed by atoms with E-state index in [4.69, 9.17) is 4.74 Å². The molecule has 0 N–H and O–H groups in total. The van der Waals surface area contributed by atoms with E-state index < -0.39 is 0 Å². The molecule has 8 nitrogen and oxygen atoms in total. The maximum Gasteiger partial charge on any atom is 0.368 e. The summed E-state index contributed by atoms with van der Waals surface area (Å²) in [5.41, 5.74) is 2.77. The number of aryl methyl sites for hydroxylation is 1. The van der Waals surface area contributed by atoms with Crippen molar-refractivity contribution in [1.29, 1.82) is 0 Å². The van der Waals surface area contributed by atoms with Gasteiger partial charge in [-0.05, 0) is 33.5 Å². The van der Waals surface area contributed by atoms with Crippen molar-refractivity contribution in [1.82, 2.24) is 24.7 Å². The van der Waals surface area contributed by atoms with Crippen molar-refractivity contribution in [2.75, 3.05) is 44.3 Å². The number of piperazine rings is 1. The molecule has 0 spiro atoms. The molecule has 4 rings (SSSR count). The molecule has 0 saturated carbocycles. The third kappa shape index (κ3) is 3.39. The third-order valence-electron chi connectivity index (χ3n) is 5.58. The number of ether oxygens (including phenoxy) is 1. The highest BCUT2D eigenvalue weighted by molar-refractivity contribution is 5.64. The molecule has 146 valence electrons. The zero-order valence-corrected chi connectivity index (χ0v) is 16.6. The smallest absolute Gasteiger partial charge is 0.368 e. The lowest BCUT2D eigenvalue weighted by Crippen LogP contribution is -2.56. The summed E-state index contributed by atoms with van der Waals surface area (Å²) in [5.74, 6) is 0. The fraction of sp³-hybridized carbons (Fsp3) is 0.632. The summed E-state index contributed by atoms with van der Waals surface area (Å²) in [6, 6.07) is 6.93. The summed E-state index contributed by atoms with van der Waals surface area (Å²) in [6.45, 7) is 12.1. The molecule has 2 fully saturated rings. The number of anilines is 1. The van der Waals surface area contributed by atoms with Gasteiger partial charge in [-0.15, -0.1) is 0 Å². The minimum atomic E-state index is -0.229. The van der Waals surface area contributed by atoms with Crippen molar-refractivity contribution >= 4 is 5.69 Å². The van der Waals surface area contributed by atoms with Gasteiger partial charge in [0.15, 0.2) is 0 Å². The largest absolute Gasteiger partial charge is 0.378 e. The Hall–Kier alpha value is -2.19. The van der Waals surface area contributed by atoms with Gasteiger partial charge in [0.25, 0.3) is 0 Å². The van der Waals surface area contributed by atoms with E-state index in [2.05, 4.69) is 59.2 Å². The van der Waals surface area contributed by atoms with E-state index >= 15 is 0 Å². The molecule has 2 aliphatic rings. The summed E-state index contributed by atoms with van der Waals surface area (Å²) in [6.07, 6.45) is 0. The second-order valence-electron chi connectivity index (χ2n) is 8.46. The number of aromatic nitrogens is 4. The normalized spacial score (nSPS) is 19.3. The molecule has 2 aliphatic heterocycles. The van der Waals surface area contributed by atoms with E-state index in [0.29, 0.717) is 6.04 Å². The molecule has 0 unspecified atom stereocenters. The molecule has 2 aromatic rings. The van der Waals surface area contributed by atoms with Crippen LogP contribution in [-0.4, -0.2) is 70.1 Å². The zero-order chi connectivity index (χ0) is 19.2. The third-order valence-corrected chi connectivity index (χ3v) is 5.58. The van der Waals surface area contributed by atoms with Crippen molar-refractivity contribution < 1.29 is 4.74 Å². The average molecular weight is 372 g/mol. The van der Waals surface area contributed by atoms with Gasteiger partial charge in [0, 0.05) is 33.2 Å². The van der Waals surface area contributed by atoms with Crippen LogP contribution in [0.3, 0.4) is 0 Å². The van der Waals surface area contributed by atoms with Crippen molar-refractivity contribution in [3.05, 3.63) is 34.2 Å². The standard InChI is InChI=1S/C19H28N6O2/c1-19(2,3)14-5-6-16(17(11-14)25-18(26)22(4)20-21-25)24-9-7-23(8-10-24)15-12-27-13-15/h5-6,11,15H,7-10,12-13H2,1-4H3. The van der Waals surface area contributed by atoms with Gasteiger partial charge in [0.05, 0.1) is 30.6 Å². The highest BCUT2D eigenvalue weighted by atomic mass is 16.5. The Labute approximate surface area is 159 Å². The van der Waals surface area contributed by atoms with E-state index in [-0.39, 0.29) is 11.1 Å². The van der Waals surface area contributed by atoms with Crippen LogP contribution in [0.1, 0.15) is 26.3 Å². The van der Waals surface area contributed by atoms with Crippen LogP contribution in [0.15, 0.2) is 23.0 Å². The lowest BCUT2D eigenvalue weighted by atomic mass is 9.86. The Morgan fingerprint density at radius 2 is 1.74 bits per heavy atom. The Balaban J connectivity index is 1.67. The van der Waals surface area contributed by atoms with Gasteiger partial charge in [-0.25, -0.2) is 4.79 Å². The summed E-state index contributed by atoms with van der Waals surface area (Å²) < 4.78 is 8.01. The monoisotopic (exact) mass is 372 g/mol. The first-order chi connectivity index (χ1) is 12.8. The Bertz CT molecular complexity index is 869. The Morgan fingerprint density at radius 1 is 1.04 bits per heavy atom. The maximum absolute atomic E-state index is 12.5. The number of rotatable bonds is 3. The minimum absolute atomic E-state index is 0.0119. The van der Waals surface area contributed by atoms with Gasteiger partial charge in [-0.2, -0.15) is 9.36 Å². The Kier molecular flexibility index (Phi) is 4.55. The predicted molar refractivity (Wildman–Crippen MR) is 104 cm³/mol. The van der Waals surface area contributed by atoms with E-state index in [9.17, 15) is 4.79 Å². The van der Waals surface area contributed by atoms with Gasteiger partial charge < -0.3 is 9.64 Å². The van der Waals surface area contributed by atoms with E-state index in [1.165, 1.54) is 14.9 Å². The molecule has 0 bridgehead atoms. The van der Waals surface area contributed by atoms with Crippen molar-refractivity contribution in [3.8, 4) is 5.69 Å². The summed E-state index contributed by atoms with van der Waals surface area (Å²) >= 11 is 0. The first-order valence-corrected chi connectivity index (χ1v) is 9.55. The van der Waals surface area contributed by atoms with E-state index in [1.54, 1.807) is 7.05 Å². The molecule has 1 aromatic heterocycles. The lowest BCUT2D eigenvalue weighted by Gasteiger charge is -2.43. The molecule has 0 aliphatic carbocycles. The van der Waals surface area contributed by atoms with Gasteiger partial charge in [-0.1, -0.05) is 26.8 Å². The highest BCUT2D eigenvalue weighted by Gasteiger charge is 2.30. The summed E-state index contributed by atoms with van der Waals surface area (Å²) in [4.78, 5) is 17.4. The van der Waals surface area contributed by atoms with Crippen LogP contribution >= 0.6 is 0 Å². The van der Waals surface area contributed by atoms with Gasteiger partial charge in [-0.3, -0.25) is 4.90 Å². The minimum Gasteiger partial charge on any atom is -0.378 e. The Morgan fingerprint density at radius 3 is 2.26 bits per heavy atom. The van der Waals surface area contributed by atoms with Gasteiger partial charge >= 0.3 is 5.69 Å². The summed E-state index contributed by atoms with van der Waals surface area (Å²) in [7, 11) is 1.62. The SMILES string of the molecule is Cn1nnn(-c2cc(C(C)(C)C)ccc2N2CCN(C3COC3)CC2)c1=O. The number of benzene rings is 1. The molecule has 0 amide bonds. The number of tetrazole rings is 1. The molecule has 1 aromatic carbocycles. The van der Waals surface area contributed by atoms with Crippen LogP contribution in [0.2, 0.25) is 0 Å². The van der Waals surface area contributed by atoms with Gasteiger partial charge in [0.1, 0.15) is 0 Å². The second-order valence-corrected chi connectivity index (χ2v) is 8.46. The van der Waals surface area contributed by atoms with Crippen LogP contribution in [0.5, 0.6) is 0 Å². The van der Waals surface area contributed by atoms with Crippen LogP contribution < -0.4 is 10.6 Å². The molecule has 2 saturated heterocycles. The number of hydrogen-bond acceptors (Lipinski definition) is 6. The maximum atomic E-state index is 12.5. The summed E-state index contributed by atoms with van der Waals surface area (Å²) in [5, 5.41) is 7.99. The highest BCUT2D eigenvalue weighted by Crippen LogP contribution is 2.31. The first-order valence-electron chi connectivity index (χ1n) is 9.55. The zero-order valence-electron chi connectivity index (χ0n) is 16.6. The van der Waals surface area contributed by atoms with Crippen LogP contribution in [0, 0.1) is 0 Å². The van der Waals surface area contributed by atoms with Crippen LogP contribution in [-0.2, 0) is 17.2 Å². The molecule has 27 heavy (non-hydrogen) atoms. The second kappa shape index (κ2) is 6.76. The molecular weight excluding hydrogens is 344 g/mol. The molecule has 3 heterocycles.